The maximum absolute atomic E-state index is 3.69. The van der Waals surface area contributed by atoms with Crippen LogP contribution in [-0.2, 0) is 6.54 Å². The van der Waals surface area contributed by atoms with Crippen molar-refractivity contribution in [3.63, 3.8) is 0 Å². The molecule has 3 heteroatoms. The molecule has 1 N–H and O–H groups in total. The van der Waals surface area contributed by atoms with Gasteiger partial charge >= 0.3 is 0 Å². The molecule has 1 nitrogen and oxygen atoms in total. The Kier molecular flexibility index (Phi) is 4.29. The zero-order valence-electron chi connectivity index (χ0n) is 11.9. The molecule has 0 spiro atoms. The van der Waals surface area contributed by atoms with E-state index in [1.807, 2.05) is 11.3 Å². The van der Waals surface area contributed by atoms with Gasteiger partial charge in [0.1, 0.15) is 0 Å². The third-order valence-electron chi connectivity index (χ3n) is 4.24. The summed E-state index contributed by atoms with van der Waals surface area (Å²) in [6.07, 6.45) is 2.53. The van der Waals surface area contributed by atoms with Crippen LogP contribution in [0.1, 0.15) is 39.6 Å². The van der Waals surface area contributed by atoms with Crippen LogP contribution in [-0.4, -0.2) is 6.04 Å². The van der Waals surface area contributed by atoms with Crippen LogP contribution in [0.5, 0.6) is 0 Å². The molecule has 1 heterocycles. The predicted octanol–water partition coefficient (Wildman–Crippen LogP) is 5.16. The summed E-state index contributed by atoms with van der Waals surface area (Å²) in [6.45, 7) is 5.42. The molecule has 1 aromatic carbocycles. The molecule has 0 radical (unpaired) electrons. The number of hydrogen-bond donors (Lipinski definition) is 1. The van der Waals surface area contributed by atoms with Crippen LogP contribution >= 0.6 is 27.3 Å². The van der Waals surface area contributed by atoms with E-state index < -0.39 is 0 Å². The fourth-order valence-corrected chi connectivity index (χ4v) is 4.22. The molecule has 1 saturated carbocycles. The van der Waals surface area contributed by atoms with Crippen molar-refractivity contribution in [2.75, 3.05) is 0 Å². The molecule has 0 saturated heterocycles. The summed E-state index contributed by atoms with van der Waals surface area (Å²) in [4.78, 5) is 2.91. The molecule has 1 fully saturated rings. The van der Waals surface area contributed by atoms with E-state index in [1.165, 1.54) is 38.2 Å². The Bertz CT molecular complexity index is 579. The van der Waals surface area contributed by atoms with Crippen LogP contribution in [0.25, 0.3) is 0 Å². The van der Waals surface area contributed by atoms with E-state index in [0.29, 0.717) is 6.04 Å². The van der Waals surface area contributed by atoms with Crippen LogP contribution in [0.15, 0.2) is 34.8 Å². The van der Waals surface area contributed by atoms with Gasteiger partial charge in [-0.1, -0.05) is 28.1 Å². The van der Waals surface area contributed by atoms with Gasteiger partial charge in [0.25, 0.3) is 0 Å². The normalized spacial score (nSPS) is 21.8. The van der Waals surface area contributed by atoms with Gasteiger partial charge in [0, 0.05) is 26.8 Å². The lowest BCUT2D eigenvalue weighted by atomic mass is 9.76. The minimum Gasteiger partial charge on any atom is -0.309 e. The third kappa shape index (κ3) is 3.16. The van der Waals surface area contributed by atoms with Crippen molar-refractivity contribution in [3.05, 3.63) is 55.7 Å². The number of halogens is 1. The van der Waals surface area contributed by atoms with E-state index in [2.05, 4.69) is 65.4 Å². The average molecular weight is 350 g/mol. The Morgan fingerprint density at radius 3 is 2.70 bits per heavy atom. The van der Waals surface area contributed by atoms with Crippen molar-refractivity contribution in [2.24, 2.45) is 0 Å². The second-order valence-electron chi connectivity index (χ2n) is 5.75. The summed E-state index contributed by atoms with van der Waals surface area (Å²) in [5, 5.41) is 3.69. The first kappa shape index (κ1) is 14.3. The third-order valence-corrected chi connectivity index (χ3v) is 5.89. The second-order valence-corrected chi connectivity index (χ2v) is 8.01. The molecular formula is C17H20BrNS. The molecule has 0 amide bonds. The van der Waals surface area contributed by atoms with Crippen molar-refractivity contribution in [3.8, 4) is 0 Å². The highest BCUT2D eigenvalue weighted by molar-refractivity contribution is 9.10. The zero-order valence-corrected chi connectivity index (χ0v) is 14.4. The number of hydrogen-bond acceptors (Lipinski definition) is 2. The molecule has 2 aromatic rings. The fourth-order valence-electron chi connectivity index (χ4n) is 2.80. The highest BCUT2D eigenvalue weighted by Gasteiger charge is 2.29. The van der Waals surface area contributed by atoms with Crippen molar-refractivity contribution < 1.29 is 0 Å². The van der Waals surface area contributed by atoms with Gasteiger partial charge in [0.15, 0.2) is 0 Å². The van der Waals surface area contributed by atoms with Gasteiger partial charge in [-0.15, -0.1) is 11.3 Å². The lowest BCUT2D eigenvalue weighted by Gasteiger charge is -2.36. The van der Waals surface area contributed by atoms with Gasteiger partial charge in [0.05, 0.1) is 0 Å². The Hall–Kier alpha value is -0.640. The first-order chi connectivity index (χ1) is 9.61. The van der Waals surface area contributed by atoms with Gasteiger partial charge < -0.3 is 5.32 Å². The summed E-state index contributed by atoms with van der Waals surface area (Å²) in [5.41, 5.74) is 2.90. The van der Waals surface area contributed by atoms with E-state index >= 15 is 0 Å². The van der Waals surface area contributed by atoms with E-state index in [9.17, 15) is 0 Å². The average Bonchev–Trinajstić information content (AvgIpc) is 2.67. The van der Waals surface area contributed by atoms with Crippen molar-refractivity contribution in [1.29, 1.82) is 0 Å². The summed E-state index contributed by atoms with van der Waals surface area (Å²) in [7, 11) is 0. The monoisotopic (exact) mass is 349 g/mol. The fraction of sp³-hybridized carbons (Fsp3) is 0.412. The van der Waals surface area contributed by atoms with Crippen LogP contribution in [0.3, 0.4) is 0 Å². The molecule has 106 valence electrons. The van der Waals surface area contributed by atoms with Crippen molar-refractivity contribution in [1.82, 2.24) is 5.32 Å². The minimum atomic E-state index is 0.682. The quantitative estimate of drug-likeness (QED) is 0.803. The maximum atomic E-state index is 3.69. The molecule has 0 unspecified atom stereocenters. The van der Waals surface area contributed by atoms with Crippen LogP contribution in [0, 0.1) is 13.8 Å². The molecule has 1 aromatic heterocycles. The number of benzene rings is 1. The molecule has 1 aliphatic rings. The Morgan fingerprint density at radius 2 is 2.05 bits per heavy atom. The largest absolute Gasteiger partial charge is 0.309 e. The SMILES string of the molecule is Cc1cc(CNC2CC(c3cccc(Br)c3)C2)sc1C. The summed E-state index contributed by atoms with van der Waals surface area (Å²) < 4.78 is 1.19. The number of rotatable bonds is 4. The number of nitrogens with one attached hydrogen (secondary N) is 1. The Labute approximate surface area is 133 Å². The highest BCUT2D eigenvalue weighted by Crippen LogP contribution is 2.37. The van der Waals surface area contributed by atoms with Gasteiger partial charge in [-0.05, 0) is 61.9 Å². The van der Waals surface area contributed by atoms with Crippen LogP contribution in [0.2, 0.25) is 0 Å². The first-order valence-corrected chi connectivity index (χ1v) is 8.77. The highest BCUT2D eigenvalue weighted by atomic mass is 79.9. The summed E-state index contributed by atoms with van der Waals surface area (Å²) in [5.74, 6) is 0.733. The standard InChI is InChI=1S/C17H20BrNS/c1-11-6-17(20-12(11)2)10-19-16-8-14(9-16)13-4-3-5-15(18)7-13/h3-7,14,16,19H,8-10H2,1-2H3. The molecule has 0 bridgehead atoms. The van der Waals surface area contributed by atoms with Gasteiger partial charge in [-0.2, -0.15) is 0 Å². The molecule has 3 rings (SSSR count). The predicted molar refractivity (Wildman–Crippen MR) is 90.5 cm³/mol. The van der Waals surface area contributed by atoms with E-state index in [0.717, 1.165) is 12.5 Å². The molecular weight excluding hydrogens is 330 g/mol. The maximum Gasteiger partial charge on any atom is 0.0302 e. The minimum absolute atomic E-state index is 0.682. The molecule has 1 aliphatic carbocycles. The van der Waals surface area contributed by atoms with Gasteiger partial charge in [0.2, 0.25) is 0 Å². The molecule has 0 aliphatic heterocycles. The van der Waals surface area contributed by atoms with Crippen LogP contribution < -0.4 is 5.32 Å². The van der Waals surface area contributed by atoms with Gasteiger partial charge in [-0.25, -0.2) is 0 Å². The van der Waals surface area contributed by atoms with E-state index in [1.54, 1.807) is 0 Å². The van der Waals surface area contributed by atoms with E-state index in [4.69, 9.17) is 0 Å². The topological polar surface area (TPSA) is 12.0 Å². The van der Waals surface area contributed by atoms with Gasteiger partial charge in [-0.3, -0.25) is 0 Å². The Balaban J connectivity index is 1.49. The summed E-state index contributed by atoms with van der Waals surface area (Å²) >= 11 is 5.48. The smallest absolute Gasteiger partial charge is 0.0302 e. The number of thiophene rings is 1. The second kappa shape index (κ2) is 6.00. The van der Waals surface area contributed by atoms with Crippen molar-refractivity contribution >= 4 is 27.3 Å². The van der Waals surface area contributed by atoms with E-state index in [-0.39, 0.29) is 0 Å². The first-order valence-electron chi connectivity index (χ1n) is 7.16. The number of aryl methyl sites for hydroxylation is 2. The Morgan fingerprint density at radius 1 is 1.25 bits per heavy atom. The zero-order chi connectivity index (χ0) is 14.1. The van der Waals surface area contributed by atoms with Crippen LogP contribution in [0.4, 0.5) is 0 Å². The molecule has 0 atom stereocenters. The van der Waals surface area contributed by atoms with Crippen molar-refractivity contribution in [2.45, 2.75) is 45.2 Å². The lowest BCUT2D eigenvalue weighted by Crippen LogP contribution is -2.39. The lowest BCUT2D eigenvalue weighted by molar-refractivity contribution is 0.290. The molecule has 20 heavy (non-hydrogen) atoms. The summed E-state index contributed by atoms with van der Waals surface area (Å²) in [6, 6.07) is 11.7.